The molecule has 0 aliphatic heterocycles. The van der Waals surface area contributed by atoms with E-state index in [1.165, 1.54) is 0 Å². The highest BCUT2D eigenvalue weighted by Gasteiger charge is 2.12. The minimum atomic E-state index is -0.480. The van der Waals surface area contributed by atoms with Gasteiger partial charge in [0.05, 0.1) is 7.11 Å². The van der Waals surface area contributed by atoms with Crippen LogP contribution in [0.2, 0.25) is 0 Å². The Morgan fingerprint density at radius 3 is 2.53 bits per heavy atom. The van der Waals surface area contributed by atoms with Crippen molar-refractivity contribution in [2.75, 3.05) is 12.4 Å². The normalized spacial score (nSPS) is 11.9. The number of hydrogen-bond acceptors (Lipinski definition) is 2. The molecule has 1 amide bonds. The number of ether oxygens (including phenoxy) is 1. The fraction of sp³-hybridized carbons (Fsp3) is 0.364. The summed E-state index contributed by atoms with van der Waals surface area (Å²) in [7, 11) is 1.60. The summed E-state index contributed by atoms with van der Waals surface area (Å²) in [6.07, 6.45) is 0.615. The standard InChI is InChI=1S/C11H14ClNO2/c1-3-10(12)11(14)13-8-4-6-9(15-2)7-5-8/h4-7,10H,3H2,1-2H3,(H,13,14)/t10-/m1/s1. The van der Waals surface area contributed by atoms with Gasteiger partial charge in [0.15, 0.2) is 0 Å². The molecule has 0 aliphatic carbocycles. The minimum Gasteiger partial charge on any atom is -0.497 e. The zero-order chi connectivity index (χ0) is 11.3. The molecule has 0 spiro atoms. The number of anilines is 1. The number of rotatable bonds is 4. The van der Waals surface area contributed by atoms with Gasteiger partial charge in [0.2, 0.25) is 5.91 Å². The summed E-state index contributed by atoms with van der Waals surface area (Å²) in [5.74, 6) is 0.579. The highest BCUT2D eigenvalue weighted by Crippen LogP contribution is 2.16. The Bertz CT molecular complexity index is 324. The summed E-state index contributed by atoms with van der Waals surface area (Å²) in [6, 6.07) is 7.11. The Morgan fingerprint density at radius 2 is 2.07 bits per heavy atom. The maximum absolute atomic E-state index is 11.4. The smallest absolute Gasteiger partial charge is 0.242 e. The van der Waals surface area contributed by atoms with E-state index in [2.05, 4.69) is 5.32 Å². The number of halogens is 1. The van der Waals surface area contributed by atoms with Gasteiger partial charge in [-0.25, -0.2) is 0 Å². The number of benzene rings is 1. The zero-order valence-corrected chi connectivity index (χ0v) is 9.54. The molecule has 0 fully saturated rings. The van der Waals surface area contributed by atoms with Crippen LogP contribution in [-0.4, -0.2) is 18.4 Å². The summed E-state index contributed by atoms with van der Waals surface area (Å²) in [6.45, 7) is 1.87. The molecule has 0 heterocycles. The molecule has 0 aliphatic rings. The third-order valence-electron chi connectivity index (χ3n) is 2.00. The lowest BCUT2D eigenvalue weighted by molar-refractivity contribution is -0.115. The molecule has 0 aromatic heterocycles. The molecule has 3 nitrogen and oxygen atoms in total. The molecule has 1 aromatic carbocycles. The lowest BCUT2D eigenvalue weighted by Crippen LogP contribution is -2.22. The third kappa shape index (κ3) is 3.44. The van der Waals surface area contributed by atoms with Crippen molar-refractivity contribution in [2.24, 2.45) is 0 Å². The van der Waals surface area contributed by atoms with Crippen molar-refractivity contribution in [1.29, 1.82) is 0 Å². The number of hydrogen-bond donors (Lipinski definition) is 1. The SMILES string of the molecule is CC[C@@H](Cl)C(=O)Nc1ccc(OC)cc1. The number of alkyl halides is 1. The Kier molecular flexibility index (Phi) is 4.43. The first-order valence-corrected chi connectivity index (χ1v) is 5.20. The van der Waals surface area contributed by atoms with Crippen LogP contribution < -0.4 is 10.1 Å². The van der Waals surface area contributed by atoms with E-state index in [1.807, 2.05) is 6.92 Å². The number of amides is 1. The van der Waals surface area contributed by atoms with E-state index in [1.54, 1.807) is 31.4 Å². The lowest BCUT2D eigenvalue weighted by Gasteiger charge is -2.08. The molecule has 82 valence electrons. The van der Waals surface area contributed by atoms with Gasteiger partial charge in [0.25, 0.3) is 0 Å². The van der Waals surface area contributed by atoms with Crippen LogP contribution in [0.1, 0.15) is 13.3 Å². The van der Waals surface area contributed by atoms with E-state index in [0.717, 1.165) is 11.4 Å². The first kappa shape index (κ1) is 11.9. The second kappa shape index (κ2) is 5.61. The molecule has 15 heavy (non-hydrogen) atoms. The average molecular weight is 228 g/mol. The Hall–Kier alpha value is -1.22. The maximum Gasteiger partial charge on any atom is 0.242 e. The van der Waals surface area contributed by atoms with Crippen molar-refractivity contribution in [1.82, 2.24) is 0 Å². The zero-order valence-electron chi connectivity index (χ0n) is 8.79. The molecular formula is C11H14ClNO2. The predicted molar refractivity (Wildman–Crippen MR) is 61.6 cm³/mol. The molecule has 1 rings (SSSR count). The van der Waals surface area contributed by atoms with Gasteiger partial charge >= 0.3 is 0 Å². The third-order valence-corrected chi connectivity index (χ3v) is 2.51. The van der Waals surface area contributed by atoms with Crippen molar-refractivity contribution in [2.45, 2.75) is 18.7 Å². The monoisotopic (exact) mass is 227 g/mol. The van der Waals surface area contributed by atoms with Crippen LogP contribution in [0.4, 0.5) is 5.69 Å². The van der Waals surface area contributed by atoms with Crippen molar-refractivity contribution in [3.8, 4) is 5.75 Å². The van der Waals surface area contributed by atoms with E-state index in [4.69, 9.17) is 16.3 Å². The van der Waals surface area contributed by atoms with Crippen molar-refractivity contribution < 1.29 is 9.53 Å². The Balaban J connectivity index is 2.61. The molecule has 1 atom stereocenters. The first-order valence-electron chi connectivity index (χ1n) is 4.76. The molecule has 0 radical (unpaired) electrons. The fourth-order valence-electron chi connectivity index (χ4n) is 1.08. The Labute approximate surface area is 94.4 Å². The second-order valence-electron chi connectivity index (χ2n) is 3.09. The van der Waals surface area contributed by atoms with Crippen LogP contribution >= 0.6 is 11.6 Å². The lowest BCUT2D eigenvalue weighted by atomic mass is 10.2. The van der Waals surface area contributed by atoms with E-state index in [0.29, 0.717) is 6.42 Å². The number of carbonyl (C=O) groups excluding carboxylic acids is 1. The average Bonchev–Trinajstić information content (AvgIpc) is 2.29. The van der Waals surface area contributed by atoms with Gasteiger partial charge < -0.3 is 10.1 Å². The van der Waals surface area contributed by atoms with Crippen molar-refractivity contribution >= 4 is 23.2 Å². The Morgan fingerprint density at radius 1 is 1.47 bits per heavy atom. The van der Waals surface area contributed by atoms with E-state index < -0.39 is 5.38 Å². The van der Waals surface area contributed by atoms with Crippen LogP contribution in [0.15, 0.2) is 24.3 Å². The fourth-order valence-corrected chi connectivity index (χ4v) is 1.13. The largest absolute Gasteiger partial charge is 0.497 e. The summed E-state index contributed by atoms with van der Waals surface area (Å²) < 4.78 is 5.00. The molecular weight excluding hydrogens is 214 g/mol. The predicted octanol–water partition coefficient (Wildman–Crippen LogP) is 2.65. The highest BCUT2D eigenvalue weighted by atomic mass is 35.5. The van der Waals surface area contributed by atoms with Gasteiger partial charge in [0, 0.05) is 5.69 Å². The van der Waals surface area contributed by atoms with Crippen LogP contribution in [0.3, 0.4) is 0 Å². The van der Waals surface area contributed by atoms with Crippen molar-refractivity contribution in [3.05, 3.63) is 24.3 Å². The quantitative estimate of drug-likeness (QED) is 0.804. The molecule has 1 N–H and O–H groups in total. The summed E-state index contributed by atoms with van der Waals surface area (Å²) in [5.41, 5.74) is 0.722. The molecule has 0 saturated carbocycles. The van der Waals surface area contributed by atoms with Crippen LogP contribution in [0.5, 0.6) is 5.75 Å². The summed E-state index contributed by atoms with van der Waals surface area (Å²) in [5, 5.41) is 2.24. The van der Waals surface area contributed by atoms with E-state index >= 15 is 0 Å². The van der Waals surface area contributed by atoms with Crippen LogP contribution in [-0.2, 0) is 4.79 Å². The summed E-state index contributed by atoms with van der Waals surface area (Å²) in [4.78, 5) is 11.4. The van der Waals surface area contributed by atoms with Gasteiger partial charge in [-0.1, -0.05) is 6.92 Å². The van der Waals surface area contributed by atoms with Gasteiger partial charge in [-0.2, -0.15) is 0 Å². The minimum absolute atomic E-state index is 0.177. The van der Waals surface area contributed by atoms with Gasteiger partial charge in [-0.05, 0) is 30.7 Å². The molecule has 0 unspecified atom stereocenters. The van der Waals surface area contributed by atoms with E-state index in [-0.39, 0.29) is 5.91 Å². The molecule has 4 heteroatoms. The topological polar surface area (TPSA) is 38.3 Å². The summed E-state index contributed by atoms with van der Waals surface area (Å²) >= 11 is 5.79. The number of carbonyl (C=O) groups is 1. The second-order valence-corrected chi connectivity index (χ2v) is 3.62. The van der Waals surface area contributed by atoms with E-state index in [9.17, 15) is 4.79 Å². The van der Waals surface area contributed by atoms with Gasteiger partial charge in [-0.3, -0.25) is 4.79 Å². The van der Waals surface area contributed by atoms with Crippen LogP contribution in [0.25, 0.3) is 0 Å². The maximum atomic E-state index is 11.4. The highest BCUT2D eigenvalue weighted by molar-refractivity contribution is 6.32. The molecule has 0 bridgehead atoms. The number of methoxy groups -OCH3 is 1. The van der Waals surface area contributed by atoms with Gasteiger partial charge in [0.1, 0.15) is 11.1 Å². The van der Waals surface area contributed by atoms with Crippen molar-refractivity contribution in [3.63, 3.8) is 0 Å². The molecule has 1 aromatic rings. The van der Waals surface area contributed by atoms with Crippen LogP contribution in [0, 0.1) is 0 Å². The first-order chi connectivity index (χ1) is 7.17. The molecule has 0 saturated heterocycles. The number of nitrogens with one attached hydrogen (secondary N) is 1. The van der Waals surface area contributed by atoms with Gasteiger partial charge in [-0.15, -0.1) is 11.6 Å².